The molecular weight excluding hydrogens is 1000 g/mol. The van der Waals surface area contributed by atoms with Crippen molar-refractivity contribution in [3.05, 3.63) is 82.9 Å². The van der Waals surface area contributed by atoms with Crippen LogP contribution in [0.25, 0.3) is 0 Å². The molecule has 2 saturated heterocycles. The van der Waals surface area contributed by atoms with E-state index in [0.29, 0.717) is 22.3 Å². The summed E-state index contributed by atoms with van der Waals surface area (Å²) in [4.78, 5) is 73.2. The lowest BCUT2D eigenvalue weighted by molar-refractivity contribution is -0.158. The van der Waals surface area contributed by atoms with E-state index in [1.807, 2.05) is 0 Å². The van der Waals surface area contributed by atoms with Gasteiger partial charge in [-0.1, -0.05) is 12.1 Å². The fraction of sp³-hybridized carbons (Fsp3) is 0.444. The van der Waals surface area contributed by atoms with E-state index >= 15 is 0 Å². The van der Waals surface area contributed by atoms with Crippen LogP contribution in [0.1, 0.15) is 88.2 Å². The molecule has 0 bridgehead atoms. The third-order valence-corrected chi connectivity index (χ3v) is 12.1. The van der Waals surface area contributed by atoms with Gasteiger partial charge in [0.2, 0.25) is 11.5 Å². The number of benzene rings is 4. The number of carbonyl (C=O) groups is 6. The molecule has 8 atom stereocenters. The molecule has 0 amide bonds. The number of hydrogen-bond donors (Lipinski definition) is 0. The van der Waals surface area contributed by atoms with Crippen molar-refractivity contribution < 1.29 is 105 Å². The van der Waals surface area contributed by atoms with E-state index in [9.17, 15) is 28.8 Å². The minimum atomic E-state index is -1.21. The van der Waals surface area contributed by atoms with Crippen LogP contribution in [0.5, 0.6) is 57.5 Å². The van der Waals surface area contributed by atoms with Crippen LogP contribution in [-0.4, -0.2) is 117 Å². The summed E-state index contributed by atoms with van der Waals surface area (Å²) in [5.41, 5.74) is 2.03. The predicted molar refractivity (Wildman–Crippen MR) is 263 cm³/mol. The summed E-state index contributed by atoms with van der Waals surface area (Å²) in [7, 11) is 8.50. The van der Waals surface area contributed by atoms with Crippen LogP contribution in [0, 0.1) is 11.8 Å². The summed E-state index contributed by atoms with van der Waals surface area (Å²) in [5.74, 6) is -2.59. The van der Waals surface area contributed by atoms with E-state index in [1.165, 1.54) is 108 Å². The minimum absolute atomic E-state index is 0.0920. The molecule has 4 unspecified atom stereocenters. The van der Waals surface area contributed by atoms with E-state index in [4.69, 9.17) is 75.8 Å². The highest BCUT2D eigenvalue weighted by Crippen LogP contribution is 2.54. The predicted octanol–water partition coefficient (Wildman–Crippen LogP) is 6.89. The van der Waals surface area contributed by atoms with Gasteiger partial charge in [-0.25, -0.2) is 0 Å². The van der Waals surface area contributed by atoms with Gasteiger partial charge in [-0.3, -0.25) is 28.8 Å². The maximum absolute atomic E-state index is 12.6. The Morgan fingerprint density at radius 3 is 1.04 bits per heavy atom. The molecule has 4 aromatic rings. The maximum Gasteiger partial charge on any atom is 0.308 e. The first-order valence-corrected chi connectivity index (χ1v) is 23.7. The van der Waals surface area contributed by atoms with Gasteiger partial charge >= 0.3 is 35.8 Å². The highest BCUT2D eigenvalue weighted by atomic mass is 16.6. The molecule has 6 rings (SSSR count). The number of rotatable bonds is 24. The summed E-state index contributed by atoms with van der Waals surface area (Å²) in [5, 5.41) is 0. The van der Waals surface area contributed by atoms with Crippen molar-refractivity contribution in [2.45, 2.75) is 78.2 Å². The highest BCUT2D eigenvalue weighted by molar-refractivity contribution is 5.72. The first-order valence-electron chi connectivity index (χ1n) is 23.7. The third kappa shape index (κ3) is 13.8. The van der Waals surface area contributed by atoms with Gasteiger partial charge < -0.3 is 75.8 Å². The molecule has 0 saturated carbocycles. The van der Waals surface area contributed by atoms with Gasteiger partial charge in [0.15, 0.2) is 70.4 Å². The van der Waals surface area contributed by atoms with Crippen LogP contribution >= 0.6 is 0 Å². The molecule has 4 aromatic carbocycles. The summed E-state index contributed by atoms with van der Waals surface area (Å²) in [6.45, 7) is 7.12. The van der Waals surface area contributed by atoms with Crippen molar-refractivity contribution >= 4 is 35.8 Å². The Labute approximate surface area is 438 Å². The summed E-state index contributed by atoms with van der Waals surface area (Å²) in [6, 6.07) is 16.0. The average Bonchev–Trinajstić information content (AvgIpc) is 4.02. The number of carbonyl (C=O) groups excluding carboxylic acids is 6. The average molecular weight is 1060 g/mol. The van der Waals surface area contributed by atoms with Crippen LogP contribution in [0.15, 0.2) is 60.7 Å². The van der Waals surface area contributed by atoms with Crippen molar-refractivity contribution in [1.29, 1.82) is 0 Å². The second kappa shape index (κ2) is 26.0. The topological polar surface area (TPSA) is 250 Å². The number of fused-ring (bicyclic) bond motifs is 1. The lowest BCUT2D eigenvalue weighted by Crippen LogP contribution is -2.34. The lowest BCUT2D eigenvalue weighted by Gasteiger charge is -2.29. The second-order valence-corrected chi connectivity index (χ2v) is 17.3. The Bertz CT molecular complexity index is 2520. The zero-order chi connectivity index (χ0) is 55.4. The van der Waals surface area contributed by atoms with Gasteiger partial charge in [0, 0.05) is 64.5 Å². The molecule has 2 heterocycles. The molecule has 410 valence electrons. The fourth-order valence-corrected chi connectivity index (χ4v) is 8.94. The first-order chi connectivity index (χ1) is 36.3. The van der Waals surface area contributed by atoms with Crippen LogP contribution in [0.3, 0.4) is 0 Å². The van der Waals surface area contributed by atoms with Crippen LogP contribution < -0.4 is 47.4 Å². The Kier molecular flexibility index (Phi) is 19.6. The smallest absolute Gasteiger partial charge is 0.308 e. The van der Waals surface area contributed by atoms with Gasteiger partial charge in [-0.15, -0.1) is 0 Å². The standard InChI is InChI=1S/C54H62O22/c1-27(55)67-25-47(51(73-31(5)59)33-13-15-39(71-29(3)57)41(17-33)61-7)75-53-43(63-9)19-35(20-44(53)64-10)49-37-23-70-50(38(37)24-69-49)36-21-45(65-11)54(46(22-36)66-12)76-48(26-68-28(2)56)52(74-32(6)60)34-14-16-40(72-30(4)58)42(18-34)62-8/h13-22,37-38,47-52H,23-26H2,1-12H3/t37-,38-,47?,48?,49+,50+,51?,52?/m0/s1. The van der Waals surface area contributed by atoms with E-state index in [2.05, 4.69) is 0 Å². The van der Waals surface area contributed by atoms with Crippen molar-refractivity contribution in [2.75, 3.05) is 69.1 Å². The molecule has 0 aliphatic carbocycles. The van der Waals surface area contributed by atoms with Gasteiger partial charge in [-0.05, 0) is 59.7 Å². The van der Waals surface area contributed by atoms with Crippen LogP contribution in [-0.2, 0) is 57.2 Å². The highest BCUT2D eigenvalue weighted by Gasteiger charge is 2.49. The van der Waals surface area contributed by atoms with Gasteiger partial charge in [0.25, 0.3) is 0 Å². The number of ether oxygens (including phenoxy) is 16. The normalized spacial score (nSPS) is 18.0. The quantitative estimate of drug-likeness (QED) is 0.0393. The first kappa shape index (κ1) is 57.3. The Morgan fingerprint density at radius 2 is 0.763 bits per heavy atom. The summed E-state index contributed by atoms with van der Waals surface area (Å²) in [6.07, 6.45) is -5.88. The molecule has 22 heteroatoms. The van der Waals surface area contributed by atoms with Crippen molar-refractivity contribution in [3.8, 4) is 57.5 Å². The molecule has 0 radical (unpaired) electrons. The molecule has 0 N–H and O–H groups in total. The number of methoxy groups -OCH3 is 6. The number of esters is 6. The lowest BCUT2D eigenvalue weighted by atomic mass is 9.84. The molecule has 0 aromatic heterocycles. The molecule has 2 fully saturated rings. The summed E-state index contributed by atoms with van der Waals surface area (Å²) < 4.78 is 93.6. The molecule has 0 spiro atoms. The largest absolute Gasteiger partial charge is 0.493 e. The second-order valence-electron chi connectivity index (χ2n) is 17.3. The Morgan fingerprint density at radius 1 is 0.434 bits per heavy atom. The fourth-order valence-electron chi connectivity index (χ4n) is 8.94. The van der Waals surface area contributed by atoms with E-state index in [1.54, 1.807) is 36.4 Å². The third-order valence-electron chi connectivity index (χ3n) is 12.1. The monoisotopic (exact) mass is 1060 g/mol. The molecule has 76 heavy (non-hydrogen) atoms. The van der Waals surface area contributed by atoms with Crippen molar-refractivity contribution in [3.63, 3.8) is 0 Å². The van der Waals surface area contributed by atoms with Crippen molar-refractivity contribution in [2.24, 2.45) is 11.8 Å². The SMILES string of the molecule is COc1cc(C(OC(C)=O)C(COC(C)=O)Oc2c(OC)cc([C@H]3OC[C@H]4[C@@H]3CO[C@@H]4c3cc(OC)c(OC(COC(C)=O)C(OC(C)=O)c4ccc(OC(C)=O)c(OC)c4)c(OC)c3)cc2OC)ccc1OC(C)=O. The zero-order valence-corrected chi connectivity index (χ0v) is 44.2. The van der Waals surface area contributed by atoms with Gasteiger partial charge in [0.05, 0.1) is 68.1 Å². The van der Waals surface area contributed by atoms with Crippen molar-refractivity contribution in [1.82, 2.24) is 0 Å². The Hall–Kier alpha value is -7.98. The minimum Gasteiger partial charge on any atom is -0.493 e. The Balaban J connectivity index is 1.30. The number of hydrogen-bond acceptors (Lipinski definition) is 22. The maximum atomic E-state index is 12.6. The molecular formula is C54H62O22. The van der Waals surface area contributed by atoms with E-state index in [-0.39, 0.29) is 95.8 Å². The molecule has 2 aliphatic rings. The van der Waals surface area contributed by atoms with Crippen LogP contribution in [0.2, 0.25) is 0 Å². The molecule has 22 nitrogen and oxygen atoms in total. The summed E-state index contributed by atoms with van der Waals surface area (Å²) >= 11 is 0. The van der Waals surface area contributed by atoms with Gasteiger partial charge in [-0.2, -0.15) is 0 Å². The molecule has 2 aliphatic heterocycles. The van der Waals surface area contributed by atoms with E-state index in [0.717, 1.165) is 0 Å². The zero-order valence-electron chi connectivity index (χ0n) is 44.2. The van der Waals surface area contributed by atoms with E-state index < -0.39 is 72.4 Å². The van der Waals surface area contributed by atoms with Crippen LogP contribution in [0.4, 0.5) is 0 Å². The van der Waals surface area contributed by atoms with Gasteiger partial charge in [0.1, 0.15) is 13.2 Å².